The molecule has 1 fully saturated rings. The SMILES string of the molecule is Cn1nc(C2CCC(=O)NC2=O)c2cc(CC(C)(C)C)ccc21. The molecule has 0 spiro atoms. The fraction of sp³-hybridized carbons (Fsp3) is 0.500. The summed E-state index contributed by atoms with van der Waals surface area (Å²) in [6.07, 6.45) is 1.86. The lowest BCUT2D eigenvalue weighted by molar-refractivity contribution is -0.134. The topological polar surface area (TPSA) is 64.0 Å². The van der Waals surface area contributed by atoms with Crippen LogP contribution in [0.5, 0.6) is 0 Å². The third kappa shape index (κ3) is 3.14. The molecule has 23 heavy (non-hydrogen) atoms. The summed E-state index contributed by atoms with van der Waals surface area (Å²) >= 11 is 0. The zero-order valence-electron chi connectivity index (χ0n) is 14.1. The second kappa shape index (κ2) is 5.48. The van der Waals surface area contributed by atoms with Crippen molar-refractivity contribution in [3.05, 3.63) is 29.5 Å². The Morgan fingerprint density at radius 2 is 2.04 bits per heavy atom. The maximum atomic E-state index is 12.2. The van der Waals surface area contributed by atoms with Gasteiger partial charge < -0.3 is 0 Å². The number of benzene rings is 1. The van der Waals surface area contributed by atoms with Crippen LogP contribution in [0.15, 0.2) is 18.2 Å². The van der Waals surface area contributed by atoms with Crippen molar-refractivity contribution in [3.63, 3.8) is 0 Å². The molecule has 1 aliphatic rings. The van der Waals surface area contributed by atoms with Gasteiger partial charge in [0.1, 0.15) is 0 Å². The van der Waals surface area contributed by atoms with E-state index in [4.69, 9.17) is 0 Å². The van der Waals surface area contributed by atoms with Gasteiger partial charge in [0, 0.05) is 18.9 Å². The maximum Gasteiger partial charge on any atom is 0.235 e. The highest BCUT2D eigenvalue weighted by molar-refractivity contribution is 6.02. The van der Waals surface area contributed by atoms with Crippen molar-refractivity contribution in [2.75, 3.05) is 0 Å². The first-order valence-corrected chi connectivity index (χ1v) is 8.04. The number of carbonyl (C=O) groups excluding carboxylic acids is 2. The first-order valence-electron chi connectivity index (χ1n) is 8.04. The normalized spacial score (nSPS) is 19.2. The Labute approximate surface area is 136 Å². The lowest BCUT2D eigenvalue weighted by atomic mass is 9.87. The molecule has 1 saturated heterocycles. The summed E-state index contributed by atoms with van der Waals surface area (Å²) in [5.41, 5.74) is 3.24. The zero-order chi connectivity index (χ0) is 16.8. The van der Waals surface area contributed by atoms with Crippen LogP contribution in [0.2, 0.25) is 0 Å². The van der Waals surface area contributed by atoms with Crippen molar-refractivity contribution in [2.24, 2.45) is 12.5 Å². The van der Waals surface area contributed by atoms with Gasteiger partial charge >= 0.3 is 0 Å². The van der Waals surface area contributed by atoms with Crippen molar-refractivity contribution in [2.45, 2.75) is 46.0 Å². The first kappa shape index (κ1) is 15.7. The Bertz CT molecular complexity index is 783. The molecule has 1 N–H and O–H groups in total. The standard InChI is InChI=1S/C18H23N3O2/c1-18(2,3)10-11-5-7-14-13(9-11)16(20-21(14)4)12-6-8-15(22)19-17(12)23/h5,7,9,12H,6,8,10H2,1-4H3,(H,19,22,23). The maximum absolute atomic E-state index is 12.2. The van der Waals surface area contributed by atoms with Gasteiger partial charge in [-0.25, -0.2) is 0 Å². The monoisotopic (exact) mass is 313 g/mol. The van der Waals surface area contributed by atoms with E-state index >= 15 is 0 Å². The zero-order valence-corrected chi connectivity index (χ0v) is 14.1. The van der Waals surface area contributed by atoms with E-state index in [-0.39, 0.29) is 23.1 Å². The predicted molar refractivity (Wildman–Crippen MR) is 89.0 cm³/mol. The van der Waals surface area contributed by atoms with Gasteiger partial charge in [0.25, 0.3) is 0 Å². The highest BCUT2D eigenvalue weighted by Crippen LogP contribution is 2.32. The molecule has 0 saturated carbocycles. The number of amides is 2. The lowest BCUT2D eigenvalue weighted by Gasteiger charge is -2.20. The van der Waals surface area contributed by atoms with E-state index in [2.05, 4.69) is 49.4 Å². The minimum absolute atomic E-state index is 0.195. The van der Waals surface area contributed by atoms with Crippen molar-refractivity contribution in [1.82, 2.24) is 15.1 Å². The van der Waals surface area contributed by atoms with Gasteiger partial charge in [-0.15, -0.1) is 0 Å². The predicted octanol–water partition coefficient (Wildman–Crippen LogP) is 2.68. The quantitative estimate of drug-likeness (QED) is 0.867. The van der Waals surface area contributed by atoms with Crippen LogP contribution in [0.3, 0.4) is 0 Å². The van der Waals surface area contributed by atoms with Crippen LogP contribution in [-0.4, -0.2) is 21.6 Å². The average Bonchev–Trinajstić information content (AvgIpc) is 2.74. The van der Waals surface area contributed by atoms with Crippen LogP contribution in [0.25, 0.3) is 10.9 Å². The molecule has 1 aliphatic heterocycles. The highest BCUT2D eigenvalue weighted by Gasteiger charge is 2.31. The third-order valence-electron chi connectivity index (χ3n) is 4.25. The number of hydrogen-bond donors (Lipinski definition) is 1. The summed E-state index contributed by atoms with van der Waals surface area (Å²) in [4.78, 5) is 23.6. The molecule has 0 bridgehead atoms. The van der Waals surface area contributed by atoms with E-state index in [0.29, 0.717) is 12.8 Å². The Morgan fingerprint density at radius 3 is 2.70 bits per heavy atom. The number of piperidine rings is 1. The molecule has 2 heterocycles. The molecule has 2 amide bonds. The van der Waals surface area contributed by atoms with Crippen LogP contribution in [-0.2, 0) is 23.1 Å². The highest BCUT2D eigenvalue weighted by atomic mass is 16.2. The van der Waals surface area contributed by atoms with Crippen LogP contribution in [0, 0.1) is 5.41 Å². The summed E-state index contributed by atoms with van der Waals surface area (Å²) in [5.74, 6) is -0.774. The Kier molecular flexibility index (Phi) is 3.74. The molecule has 1 aromatic heterocycles. The molecule has 1 aromatic carbocycles. The molecule has 2 aromatic rings. The number of hydrogen-bond acceptors (Lipinski definition) is 3. The lowest BCUT2D eigenvalue weighted by Crippen LogP contribution is -2.39. The molecule has 122 valence electrons. The van der Waals surface area contributed by atoms with E-state index < -0.39 is 0 Å². The van der Waals surface area contributed by atoms with Crippen molar-refractivity contribution >= 4 is 22.7 Å². The van der Waals surface area contributed by atoms with E-state index in [1.165, 1.54) is 5.56 Å². The van der Waals surface area contributed by atoms with Gasteiger partial charge in [0.2, 0.25) is 11.8 Å². The molecule has 1 unspecified atom stereocenters. The molecule has 0 radical (unpaired) electrons. The molecule has 3 rings (SSSR count). The van der Waals surface area contributed by atoms with E-state index in [9.17, 15) is 9.59 Å². The summed E-state index contributed by atoms with van der Waals surface area (Å²) in [6, 6.07) is 6.34. The minimum Gasteiger partial charge on any atom is -0.296 e. The second-order valence-corrected chi connectivity index (χ2v) is 7.60. The van der Waals surface area contributed by atoms with Crippen LogP contribution < -0.4 is 5.32 Å². The molecular weight excluding hydrogens is 290 g/mol. The Hall–Kier alpha value is -2.17. The number of imide groups is 1. The number of rotatable bonds is 2. The number of aromatic nitrogens is 2. The largest absolute Gasteiger partial charge is 0.296 e. The summed E-state index contributed by atoms with van der Waals surface area (Å²) in [5, 5.41) is 8.02. The number of carbonyl (C=O) groups is 2. The number of fused-ring (bicyclic) bond motifs is 1. The molecule has 5 nitrogen and oxygen atoms in total. The van der Waals surface area contributed by atoms with Crippen LogP contribution in [0.4, 0.5) is 0 Å². The Morgan fingerprint density at radius 1 is 1.30 bits per heavy atom. The fourth-order valence-corrected chi connectivity index (χ4v) is 3.27. The van der Waals surface area contributed by atoms with E-state index in [1.807, 2.05) is 11.7 Å². The third-order valence-corrected chi connectivity index (χ3v) is 4.25. The smallest absolute Gasteiger partial charge is 0.235 e. The summed E-state index contributed by atoms with van der Waals surface area (Å²) < 4.78 is 1.81. The first-order chi connectivity index (χ1) is 10.7. The van der Waals surface area contributed by atoms with Gasteiger partial charge in [-0.05, 0) is 36.0 Å². The van der Waals surface area contributed by atoms with Crippen LogP contribution >= 0.6 is 0 Å². The number of nitrogens with zero attached hydrogens (tertiary/aromatic N) is 2. The van der Waals surface area contributed by atoms with Crippen LogP contribution in [0.1, 0.15) is 50.8 Å². The van der Waals surface area contributed by atoms with Gasteiger partial charge in [-0.1, -0.05) is 26.8 Å². The van der Waals surface area contributed by atoms with Crippen molar-refractivity contribution < 1.29 is 9.59 Å². The van der Waals surface area contributed by atoms with E-state index in [0.717, 1.165) is 23.0 Å². The Balaban J connectivity index is 2.04. The average molecular weight is 313 g/mol. The minimum atomic E-state index is -0.346. The van der Waals surface area contributed by atoms with Crippen molar-refractivity contribution in [3.8, 4) is 0 Å². The van der Waals surface area contributed by atoms with Crippen molar-refractivity contribution in [1.29, 1.82) is 0 Å². The second-order valence-electron chi connectivity index (χ2n) is 7.60. The summed E-state index contributed by atoms with van der Waals surface area (Å²) in [7, 11) is 1.89. The molecule has 1 atom stereocenters. The van der Waals surface area contributed by atoms with Gasteiger partial charge in [0.15, 0.2) is 0 Å². The van der Waals surface area contributed by atoms with Gasteiger partial charge in [0.05, 0.1) is 17.1 Å². The molecule has 0 aliphatic carbocycles. The number of nitrogens with one attached hydrogen (secondary N) is 1. The molecule has 5 heteroatoms. The van der Waals surface area contributed by atoms with E-state index in [1.54, 1.807) is 0 Å². The molecular formula is C18H23N3O2. The van der Waals surface area contributed by atoms with Gasteiger partial charge in [-0.2, -0.15) is 5.10 Å². The van der Waals surface area contributed by atoms with Gasteiger partial charge in [-0.3, -0.25) is 19.6 Å². The summed E-state index contributed by atoms with van der Waals surface area (Å²) in [6.45, 7) is 6.63. The number of aryl methyl sites for hydroxylation is 1. The fourth-order valence-electron chi connectivity index (χ4n) is 3.27.